The molecule has 0 fully saturated rings. The van der Waals surface area contributed by atoms with E-state index in [1.165, 1.54) is 12.1 Å². The average Bonchev–Trinajstić information content (AvgIpc) is 2.18. The first-order chi connectivity index (χ1) is 6.63. The molecule has 14 heavy (non-hydrogen) atoms. The second kappa shape index (κ2) is 5.05. The summed E-state index contributed by atoms with van der Waals surface area (Å²) in [7, 11) is 1.89. The summed E-state index contributed by atoms with van der Waals surface area (Å²) in [6, 6.07) is 6.86. The van der Waals surface area contributed by atoms with Crippen molar-refractivity contribution in [1.29, 1.82) is 0 Å². The zero-order chi connectivity index (χ0) is 10.6. The highest BCUT2D eigenvalue weighted by atomic mass is 19.3. The molecule has 0 amide bonds. The number of likely N-dealkylation sites (N-methyl/N-ethyl adjacent to an activating group) is 1. The van der Waals surface area contributed by atoms with Crippen LogP contribution in [-0.4, -0.2) is 13.1 Å². The second-order valence-electron chi connectivity index (χ2n) is 3.44. The van der Waals surface area contributed by atoms with Gasteiger partial charge in [0.15, 0.2) is 0 Å². The smallest absolute Gasteiger partial charge is 0.263 e. The highest BCUT2D eigenvalue weighted by Crippen LogP contribution is 2.18. The van der Waals surface area contributed by atoms with Gasteiger partial charge in [0.05, 0.1) is 0 Å². The molecular formula is C11H15F2N. The monoisotopic (exact) mass is 199 g/mol. The number of hydrogen-bond acceptors (Lipinski definition) is 1. The molecule has 1 unspecified atom stereocenters. The lowest BCUT2D eigenvalue weighted by Gasteiger charge is -2.10. The first-order valence-electron chi connectivity index (χ1n) is 4.67. The molecule has 0 bridgehead atoms. The van der Waals surface area contributed by atoms with Crippen molar-refractivity contribution in [3.63, 3.8) is 0 Å². The molecule has 1 N–H and O–H groups in total. The fourth-order valence-electron chi connectivity index (χ4n) is 1.25. The minimum atomic E-state index is -2.37. The summed E-state index contributed by atoms with van der Waals surface area (Å²) in [5, 5.41) is 3.10. The minimum Gasteiger partial charge on any atom is -0.317 e. The molecule has 0 aliphatic carbocycles. The molecule has 1 aromatic carbocycles. The van der Waals surface area contributed by atoms with Crippen molar-refractivity contribution in [3.8, 4) is 0 Å². The predicted molar refractivity (Wildman–Crippen MR) is 53.6 cm³/mol. The van der Waals surface area contributed by atoms with Gasteiger partial charge in [-0.05, 0) is 26.0 Å². The van der Waals surface area contributed by atoms with Gasteiger partial charge in [-0.3, -0.25) is 0 Å². The van der Waals surface area contributed by atoms with E-state index in [0.717, 1.165) is 12.0 Å². The molecule has 0 radical (unpaired) electrons. The maximum absolute atomic E-state index is 12.2. The average molecular weight is 199 g/mol. The van der Waals surface area contributed by atoms with Crippen molar-refractivity contribution < 1.29 is 8.78 Å². The van der Waals surface area contributed by atoms with Crippen molar-refractivity contribution in [2.45, 2.75) is 25.8 Å². The predicted octanol–water partition coefficient (Wildman–Crippen LogP) is 2.77. The second-order valence-corrected chi connectivity index (χ2v) is 3.44. The third-order valence-corrected chi connectivity index (χ3v) is 2.27. The van der Waals surface area contributed by atoms with Crippen LogP contribution in [0.15, 0.2) is 24.3 Å². The quantitative estimate of drug-likeness (QED) is 0.786. The van der Waals surface area contributed by atoms with E-state index in [9.17, 15) is 8.78 Å². The fraction of sp³-hybridized carbons (Fsp3) is 0.455. The van der Waals surface area contributed by atoms with E-state index < -0.39 is 6.43 Å². The zero-order valence-corrected chi connectivity index (χ0v) is 8.43. The molecule has 0 heterocycles. The fourth-order valence-corrected chi connectivity index (χ4v) is 1.25. The minimum absolute atomic E-state index is 0.0888. The molecule has 0 saturated carbocycles. The SMILES string of the molecule is CNC(C)Cc1ccc(C(F)F)cc1. The summed E-state index contributed by atoms with van der Waals surface area (Å²) in [6.45, 7) is 2.06. The van der Waals surface area contributed by atoms with Gasteiger partial charge in [0.1, 0.15) is 0 Å². The topological polar surface area (TPSA) is 12.0 Å². The summed E-state index contributed by atoms with van der Waals surface area (Å²) in [6.07, 6.45) is -1.51. The Morgan fingerprint density at radius 3 is 2.21 bits per heavy atom. The Labute approximate surface area is 83.1 Å². The molecule has 0 saturated heterocycles. The van der Waals surface area contributed by atoms with Gasteiger partial charge in [-0.25, -0.2) is 8.78 Å². The highest BCUT2D eigenvalue weighted by Gasteiger charge is 2.06. The van der Waals surface area contributed by atoms with Crippen LogP contribution in [0, 0.1) is 0 Å². The maximum atomic E-state index is 12.2. The van der Waals surface area contributed by atoms with Gasteiger partial charge in [-0.15, -0.1) is 0 Å². The van der Waals surface area contributed by atoms with Crippen molar-refractivity contribution in [1.82, 2.24) is 5.32 Å². The van der Waals surface area contributed by atoms with Crippen LogP contribution in [0.4, 0.5) is 8.78 Å². The van der Waals surface area contributed by atoms with Crippen LogP contribution in [0.5, 0.6) is 0 Å². The van der Waals surface area contributed by atoms with Crippen LogP contribution >= 0.6 is 0 Å². The number of nitrogens with one attached hydrogen (secondary N) is 1. The van der Waals surface area contributed by atoms with Crippen molar-refractivity contribution in [2.24, 2.45) is 0 Å². The van der Waals surface area contributed by atoms with Crippen LogP contribution in [0.2, 0.25) is 0 Å². The molecule has 1 nitrogen and oxygen atoms in total. The Bertz CT molecular complexity index is 269. The summed E-state index contributed by atoms with van der Waals surface area (Å²) in [5.74, 6) is 0. The van der Waals surface area contributed by atoms with Crippen LogP contribution in [0.25, 0.3) is 0 Å². The number of alkyl halides is 2. The van der Waals surface area contributed by atoms with Crippen molar-refractivity contribution in [3.05, 3.63) is 35.4 Å². The van der Waals surface area contributed by atoms with E-state index in [4.69, 9.17) is 0 Å². The molecule has 3 heteroatoms. The summed E-state index contributed by atoms with van der Waals surface area (Å²) in [4.78, 5) is 0. The molecule has 0 spiro atoms. The molecule has 1 atom stereocenters. The molecule has 0 aromatic heterocycles. The first-order valence-corrected chi connectivity index (χ1v) is 4.67. The summed E-state index contributed by atoms with van der Waals surface area (Å²) < 4.78 is 24.4. The van der Waals surface area contributed by atoms with E-state index in [0.29, 0.717) is 6.04 Å². The largest absolute Gasteiger partial charge is 0.317 e. The number of halogens is 2. The van der Waals surface area contributed by atoms with Crippen LogP contribution in [0.1, 0.15) is 24.5 Å². The zero-order valence-electron chi connectivity index (χ0n) is 8.43. The number of hydrogen-bond donors (Lipinski definition) is 1. The standard InChI is InChI=1S/C11H15F2N/c1-8(14-2)7-9-3-5-10(6-4-9)11(12)13/h3-6,8,11,14H,7H2,1-2H3. The Hall–Kier alpha value is -0.960. The van der Waals surface area contributed by atoms with Gasteiger partial charge >= 0.3 is 0 Å². The van der Waals surface area contributed by atoms with Crippen LogP contribution < -0.4 is 5.32 Å². The van der Waals surface area contributed by atoms with Crippen molar-refractivity contribution in [2.75, 3.05) is 7.05 Å². The lowest BCUT2D eigenvalue weighted by atomic mass is 10.1. The van der Waals surface area contributed by atoms with Gasteiger partial charge in [0.2, 0.25) is 0 Å². The molecular weight excluding hydrogens is 184 g/mol. The molecule has 0 aliphatic rings. The molecule has 1 rings (SSSR count). The number of rotatable bonds is 4. The van der Waals surface area contributed by atoms with E-state index in [2.05, 4.69) is 12.2 Å². The van der Waals surface area contributed by atoms with Gasteiger partial charge in [0, 0.05) is 11.6 Å². The maximum Gasteiger partial charge on any atom is 0.263 e. The Morgan fingerprint density at radius 1 is 1.21 bits per heavy atom. The Balaban J connectivity index is 2.64. The van der Waals surface area contributed by atoms with E-state index in [-0.39, 0.29) is 5.56 Å². The Morgan fingerprint density at radius 2 is 1.79 bits per heavy atom. The first kappa shape index (κ1) is 11.1. The lowest BCUT2D eigenvalue weighted by molar-refractivity contribution is 0.151. The normalized spacial score (nSPS) is 13.2. The van der Waals surface area contributed by atoms with Gasteiger partial charge in [0.25, 0.3) is 6.43 Å². The third kappa shape index (κ3) is 3.07. The lowest BCUT2D eigenvalue weighted by Crippen LogP contribution is -2.23. The van der Waals surface area contributed by atoms with Gasteiger partial charge in [-0.2, -0.15) is 0 Å². The molecule has 0 aliphatic heterocycles. The summed E-state index contributed by atoms with van der Waals surface area (Å²) >= 11 is 0. The van der Waals surface area contributed by atoms with E-state index in [1.807, 2.05) is 7.05 Å². The van der Waals surface area contributed by atoms with Gasteiger partial charge < -0.3 is 5.32 Å². The van der Waals surface area contributed by atoms with Crippen LogP contribution in [-0.2, 0) is 6.42 Å². The summed E-state index contributed by atoms with van der Waals surface area (Å²) in [5.41, 5.74) is 1.17. The molecule has 1 aromatic rings. The highest BCUT2D eigenvalue weighted by molar-refractivity contribution is 5.23. The van der Waals surface area contributed by atoms with Crippen LogP contribution in [0.3, 0.4) is 0 Å². The Kier molecular flexibility index (Phi) is 4.01. The third-order valence-electron chi connectivity index (χ3n) is 2.27. The molecule has 78 valence electrons. The van der Waals surface area contributed by atoms with E-state index in [1.54, 1.807) is 12.1 Å². The van der Waals surface area contributed by atoms with Gasteiger partial charge in [-0.1, -0.05) is 24.3 Å². The number of benzene rings is 1. The van der Waals surface area contributed by atoms with Crippen molar-refractivity contribution >= 4 is 0 Å². The van der Waals surface area contributed by atoms with E-state index >= 15 is 0 Å².